The zero-order valence-corrected chi connectivity index (χ0v) is 11.0. The Morgan fingerprint density at radius 1 is 1.17 bits per heavy atom. The van der Waals surface area contributed by atoms with Gasteiger partial charge in [0.1, 0.15) is 0 Å². The molecule has 1 aliphatic carbocycles. The quantitative estimate of drug-likeness (QED) is 0.897. The highest BCUT2D eigenvalue weighted by atomic mass is 19.1. The Hall–Kier alpha value is -1.29. The first-order valence-corrected chi connectivity index (χ1v) is 6.29. The summed E-state index contributed by atoms with van der Waals surface area (Å²) in [4.78, 5) is 0. The maximum absolute atomic E-state index is 13.7. The predicted molar refractivity (Wildman–Crippen MR) is 68.7 cm³/mol. The molecule has 0 amide bonds. The van der Waals surface area contributed by atoms with E-state index in [0.717, 1.165) is 31.2 Å². The van der Waals surface area contributed by atoms with Gasteiger partial charge in [-0.2, -0.15) is 0 Å². The van der Waals surface area contributed by atoms with E-state index in [2.05, 4.69) is 0 Å². The average Bonchev–Trinajstić information content (AvgIpc) is 2.88. The van der Waals surface area contributed by atoms with Gasteiger partial charge >= 0.3 is 0 Å². The lowest BCUT2D eigenvalue weighted by Gasteiger charge is -2.30. The van der Waals surface area contributed by atoms with Crippen LogP contribution in [0.1, 0.15) is 31.2 Å². The van der Waals surface area contributed by atoms with Crippen LogP contribution in [0.4, 0.5) is 4.39 Å². The summed E-state index contributed by atoms with van der Waals surface area (Å²) in [5, 5.41) is 0. The van der Waals surface area contributed by atoms with Gasteiger partial charge in [-0.05, 0) is 18.9 Å². The highest BCUT2D eigenvalue weighted by Crippen LogP contribution is 2.47. The Kier molecular flexibility index (Phi) is 3.76. The van der Waals surface area contributed by atoms with Crippen molar-refractivity contribution in [1.82, 2.24) is 0 Å². The summed E-state index contributed by atoms with van der Waals surface area (Å²) in [5.41, 5.74) is 6.85. The van der Waals surface area contributed by atoms with Crippen molar-refractivity contribution in [2.24, 2.45) is 5.73 Å². The average molecular weight is 253 g/mol. The van der Waals surface area contributed by atoms with Crippen LogP contribution in [-0.2, 0) is 5.41 Å². The molecule has 0 unspecified atom stereocenters. The molecule has 18 heavy (non-hydrogen) atoms. The second-order valence-corrected chi connectivity index (χ2v) is 4.85. The van der Waals surface area contributed by atoms with Gasteiger partial charge in [0.2, 0.25) is 0 Å². The molecule has 0 heterocycles. The van der Waals surface area contributed by atoms with E-state index < -0.39 is 5.82 Å². The van der Waals surface area contributed by atoms with Gasteiger partial charge in [0.05, 0.1) is 14.2 Å². The van der Waals surface area contributed by atoms with E-state index in [0.29, 0.717) is 12.3 Å². The molecule has 100 valence electrons. The van der Waals surface area contributed by atoms with Crippen molar-refractivity contribution in [2.45, 2.75) is 31.1 Å². The van der Waals surface area contributed by atoms with Crippen molar-refractivity contribution in [3.05, 3.63) is 23.5 Å². The second-order valence-electron chi connectivity index (χ2n) is 4.85. The standard InChI is InChI=1S/C14H20FNO2/c1-17-12-10(5-6-11(15)13(12)18-2)14(9-16)7-3-4-8-14/h5-6H,3-4,7-9,16H2,1-2H3. The SMILES string of the molecule is COc1c(F)ccc(C2(CN)CCCC2)c1OC. The zero-order valence-electron chi connectivity index (χ0n) is 11.0. The molecule has 1 aromatic rings. The lowest BCUT2D eigenvalue weighted by Crippen LogP contribution is -2.32. The smallest absolute Gasteiger partial charge is 0.197 e. The molecule has 2 N–H and O–H groups in total. The van der Waals surface area contributed by atoms with Gasteiger partial charge in [0.15, 0.2) is 17.3 Å². The van der Waals surface area contributed by atoms with Gasteiger partial charge in [-0.1, -0.05) is 18.9 Å². The van der Waals surface area contributed by atoms with E-state index >= 15 is 0 Å². The molecule has 2 rings (SSSR count). The third kappa shape index (κ3) is 1.94. The normalized spacial score (nSPS) is 17.8. The maximum Gasteiger partial charge on any atom is 0.197 e. The Morgan fingerprint density at radius 2 is 1.78 bits per heavy atom. The van der Waals surface area contributed by atoms with Gasteiger partial charge in [0.25, 0.3) is 0 Å². The van der Waals surface area contributed by atoms with Gasteiger partial charge < -0.3 is 15.2 Å². The topological polar surface area (TPSA) is 44.5 Å². The van der Waals surface area contributed by atoms with Gasteiger partial charge in [-0.3, -0.25) is 0 Å². The van der Waals surface area contributed by atoms with Crippen molar-refractivity contribution in [3.63, 3.8) is 0 Å². The maximum atomic E-state index is 13.7. The molecule has 0 aliphatic heterocycles. The van der Waals surface area contributed by atoms with Crippen molar-refractivity contribution < 1.29 is 13.9 Å². The van der Waals surface area contributed by atoms with E-state index in [9.17, 15) is 4.39 Å². The van der Waals surface area contributed by atoms with E-state index in [1.54, 1.807) is 13.2 Å². The van der Waals surface area contributed by atoms with Crippen LogP contribution in [-0.4, -0.2) is 20.8 Å². The number of rotatable bonds is 4. The minimum atomic E-state index is -0.400. The van der Waals surface area contributed by atoms with Crippen molar-refractivity contribution in [1.29, 1.82) is 0 Å². The lowest BCUT2D eigenvalue weighted by atomic mass is 9.78. The van der Waals surface area contributed by atoms with E-state index in [4.69, 9.17) is 15.2 Å². The fourth-order valence-corrected chi connectivity index (χ4v) is 2.98. The molecule has 0 radical (unpaired) electrons. The minimum Gasteiger partial charge on any atom is -0.492 e. The third-order valence-corrected chi connectivity index (χ3v) is 4.00. The number of hydrogen-bond donors (Lipinski definition) is 1. The molecule has 0 aromatic heterocycles. The fraction of sp³-hybridized carbons (Fsp3) is 0.571. The molecule has 1 aromatic carbocycles. The Morgan fingerprint density at radius 3 is 2.28 bits per heavy atom. The molecular weight excluding hydrogens is 233 g/mol. The fourth-order valence-electron chi connectivity index (χ4n) is 2.98. The first-order valence-electron chi connectivity index (χ1n) is 6.29. The number of benzene rings is 1. The molecule has 0 saturated heterocycles. The van der Waals surface area contributed by atoms with Crippen molar-refractivity contribution >= 4 is 0 Å². The second kappa shape index (κ2) is 5.14. The molecular formula is C14H20FNO2. The largest absolute Gasteiger partial charge is 0.492 e. The molecule has 0 atom stereocenters. The van der Waals surface area contributed by atoms with Gasteiger partial charge in [-0.15, -0.1) is 0 Å². The van der Waals surface area contributed by atoms with Crippen LogP contribution in [0.15, 0.2) is 12.1 Å². The van der Waals surface area contributed by atoms with E-state index in [1.807, 2.05) is 0 Å². The van der Waals surface area contributed by atoms with Crippen LogP contribution >= 0.6 is 0 Å². The monoisotopic (exact) mass is 253 g/mol. The predicted octanol–water partition coefficient (Wildman–Crippen LogP) is 2.61. The highest BCUT2D eigenvalue weighted by molar-refractivity contribution is 5.51. The summed E-state index contributed by atoms with van der Waals surface area (Å²) in [7, 11) is 2.99. The summed E-state index contributed by atoms with van der Waals surface area (Å²) >= 11 is 0. The van der Waals surface area contributed by atoms with E-state index in [1.165, 1.54) is 13.2 Å². The number of hydrogen-bond acceptors (Lipinski definition) is 3. The number of halogens is 1. The van der Waals surface area contributed by atoms with Gasteiger partial charge in [0, 0.05) is 17.5 Å². The molecule has 3 nitrogen and oxygen atoms in total. The first kappa shape index (κ1) is 13.1. The van der Waals surface area contributed by atoms with E-state index in [-0.39, 0.29) is 11.2 Å². The number of nitrogens with two attached hydrogens (primary N) is 1. The van der Waals surface area contributed by atoms with Crippen LogP contribution in [0.5, 0.6) is 11.5 Å². The number of methoxy groups -OCH3 is 2. The zero-order chi connectivity index (χ0) is 13.2. The van der Waals surface area contributed by atoms with Gasteiger partial charge in [-0.25, -0.2) is 4.39 Å². The summed E-state index contributed by atoms with van der Waals surface area (Å²) in [5.74, 6) is 0.267. The lowest BCUT2D eigenvalue weighted by molar-refractivity contribution is 0.322. The molecule has 1 fully saturated rings. The van der Waals surface area contributed by atoms with Crippen molar-refractivity contribution in [2.75, 3.05) is 20.8 Å². The summed E-state index contributed by atoms with van der Waals surface area (Å²) in [6.07, 6.45) is 4.35. The molecule has 1 aliphatic rings. The van der Waals surface area contributed by atoms with Crippen LogP contribution in [0, 0.1) is 5.82 Å². The summed E-state index contributed by atoms with van der Waals surface area (Å²) in [6, 6.07) is 3.22. The highest BCUT2D eigenvalue weighted by Gasteiger charge is 2.38. The molecule has 4 heteroatoms. The third-order valence-electron chi connectivity index (χ3n) is 4.00. The Labute approximate surface area is 107 Å². The summed E-state index contributed by atoms with van der Waals surface area (Å²) in [6.45, 7) is 0.554. The Bertz CT molecular complexity index is 428. The molecule has 0 bridgehead atoms. The Balaban J connectivity index is 2.56. The first-order chi connectivity index (χ1) is 8.68. The minimum absolute atomic E-state index is 0.0909. The van der Waals surface area contributed by atoms with Crippen LogP contribution < -0.4 is 15.2 Å². The molecule has 0 spiro atoms. The van der Waals surface area contributed by atoms with Crippen molar-refractivity contribution in [3.8, 4) is 11.5 Å². The van der Waals surface area contributed by atoms with Crippen LogP contribution in [0.25, 0.3) is 0 Å². The number of ether oxygens (including phenoxy) is 2. The van der Waals surface area contributed by atoms with Crippen LogP contribution in [0.3, 0.4) is 0 Å². The van der Waals surface area contributed by atoms with Crippen LogP contribution in [0.2, 0.25) is 0 Å². The molecule has 1 saturated carbocycles. The summed E-state index contributed by atoms with van der Waals surface area (Å²) < 4.78 is 24.2.